The first kappa shape index (κ1) is 18.4. The largest absolute Gasteiger partial charge is 0.352 e. The number of hydrogen-bond donors (Lipinski definition) is 2. The molecule has 140 valence electrons. The Morgan fingerprint density at radius 2 is 1.96 bits per heavy atom. The Morgan fingerprint density at radius 1 is 1.23 bits per heavy atom. The van der Waals surface area contributed by atoms with Crippen LogP contribution in [-0.4, -0.2) is 61.3 Å². The minimum Gasteiger partial charge on any atom is -0.352 e. The summed E-state index contributed by atoms with van der Waals surface area (Å²) in [6, 6.07) is 7.66. The van der Waals surface area contributed by atoms with Crippen molar-refractivity contribution in [2.75, 3.05) is 18.1 Å². The molecule has 0 unspecified atom stereocenters. The first-order valence-electron chi connectivity index (χ1n) is 8.50. The molecule has 1 aromatic carbocycles. The second-order valence-corrected chi connectivity index (χ2v) is 8.83. The highest BCUT2D eigenvalue weighted by molar-refractivity contribution is 7.91. The van der Waals surface area contributed by atoms with Crippen LogP contribution in [0.3, 0.4) is 0 Å². The Hall–Kier alpha value is -2.42. The van der Waals surface area contributed by atoms with Crippen molar-refractivity contribution in [1.82, 2.24) is 15.5 Å². The Kier molecular flexibility index (Phi) is 5.26. The van der Waals surface area contributed by atoms with E-state index in [0.29, 0.717) is 12.8 Å². The minimum atomic E-state index is -3.09. The molecular formula is C17H21N3O5S. The van der Waals surface area contributed by atoms with Gasteiger partial charge in [0.2, 0.25) is 5.91 Å². The summed E-state index contributed by atoms with van der Waals surface area (Å²) in [7, 11) is -3.09. The normalized spacial score (nSPS) is 24.5. The van der Waals surface area contributed by atoms with E-state index in [4.69, 9.17) is 0 Å². The zero-order valence-corrected chi connectivity index (χ0v) is 15.0. The van der Waals surface area contributed by atoms with Crippen LogP contribution in [0.2, 0.25) is 0 Å². The number of nitrogens with one attached hydrogen (secondary N) is 2. The maximum Gasteiger partial charge on any atom is 0.324 e. The summed E-state index contributed by atoms with van der Waals surface area (Å²) in [5, 5.41) is 5.15. The SMILES string of the molecule is O=C(C[C@@H]1NC(=O)N(CCc2ccccc2)C1=O)N[C@@H]1CCS(=O)(=O)C1. The van der Waals surface area contributed by atoms with Crippen LogP contribution in [0.15, 0.2) is 30.3 Å². The number of benzene rings is 1. The molecule has 0 spiro atoms. The van der Waals surface area contributed by atoms with Gasteiger partial charge in [-0.15, -0.1) is 0 Å². The van der Waals surface area contributed by atoms with Gasteiger partial charge < -0.3 is 10.6 Å². The van der Waals surface area contributed by atoms with Crippen LogP contribution in [0.5, 0.6) is 0 Å². The smallest absolute Gasteiger partial charge is 0.324 e. The van der Waals surface area contributed by atoms with Crippen LogP contribution in [0.25, 0.3) is 0 Å². The predicted molar refractivity (Wildman–Crippen MR) is 94.0 cm³/mol. The average molecular weight is 379 g/mol. The van der Waals surface area contributed by atoms with E-state index in [1.54, 1.807) is 0 Å². The summed E-state index contributed by atoms with van der Waals surface area (Å²) < 4.78 is 22.8. The van der Waals surface area contributed by atoms with E-state index >= 15 is 0 Å². The molecule has 0 saturated carbocycles. The van der Waals surface area contributed by atoms with E-state index in [9.17, 15) is 22.8 Å². The molecule has 8 nitrogen and oxygen atoms in total. The van der Waals surface area contributed by atoms with E-state index in [1.165, 1.54) is 0 Å². The molecule has 9 heteroatoms. The van der Waals surface area contributed by atoms with Gasteiger partial charge in [-0.1, -0.05) is 30.3 Å². The number of amides is 4. The van der Waals surface area contributed by atoms with E-state index in [0.717, 1.165) is 10.5 Å². The maximum absolute atomic E-state index is 12.4. The van der Waals surface area contributed by atoms with Crippen molar-refractivity contribution in [2.45, 2.75) is 31.3 Å². The second kappa shape index (κ2) is 7.45. The lowest BCUT2D eigenvalue weighted by Crippen LogP contribution is -2.41. The Balaban J connectivity index is 1.51. The van der Waals surface area contributed by atoms with Crippen molar-refractivity contribution in [3.05, 3.63) is 35.9 Å². The van der Waals surface area contributed by atoms with Gasteiger partial charge in [0.1, 0.15) is 6.04 Å². The van der Waals surface area contributed by atoms with Crippen molar-refractivity contribution in [3.63, 3.8) is 0 Å². The third-order valence-electron chi connectivity index (χ3n) is 4.56. The lowest BCUT2D eigenvalue weighted by molar-refractivity contribution is -0.131. The van der Waals surface area contributed by atoms with E-state index < -0.39 is 39.8 Å². The highest BCUT2D eigenvalue weighted by atomic mass is 32.2. The van der Waals surface area contributed by atoms with Gasteiger partial charge in [-0.25, -0.2) is 13.2 Å². The average Bonchev–Trinajstić information content (AvgIpc) is 3.05. The van der Waals surface area contributed by atoms with Crippen molar-refractivity contribution in [2.24, 2.45) is 0 Å². The molecule has 0 aromatic heterocycles. The van der Waals surface area contributed by atoms with Crippen molar-refractivity contribution in [1.29, 1.82) is 0 Å². The Bertz CT molecular complexity index is 809. The van der Waals surface area contributed by atoms with Crippen molar-refractivity contribution >= 4 is 27.7 Å². The van der Waals surface area contributed by atoms with Crippen LogP contribution < -0.4 is 10.6 Å². The summed E-state index contributed by atoms with van der Waals surface area (Å²) in [6.45, 7) is 0.244. The number of imide groups is 1. The molecule has 4 amide bonds. The first-order chi connectivity index (χ1) is 12.3. The van der Waals surface area contributed by atoms with Gasteiger partial charge in [0, 0.05) is 12.6 Å². The van der Waals surface area contributed by atoms with Gasteiger partial charge >= 0.3 is 6.03 Å². The molecule has 0 aliphatic carbocycles. The molecule has 3 rings (SSSR count). The molecular weight excluding hydrogens is 358 g/mol. The third kappa shape index (κ3) is 4.40. The van der Waals surface area contributed by atoms with E-state index in [1.807, 2.05) is 30.3 Å². The van der Waals surface area contributed by atoms with Gasteiger partial charge in [0.05, 0.1) is 17.9 Å². The summed E-state index contributed by atoms with van der Waals surface area (Å²) >= 11 is 0. The predicted octanol–water partition coefficient (Wildman–Crippen LogP) is -0.157. The lowest BCUT2D eigenvalue weighted by Gasteiger charge is -2.14. The summed E-state index contributed by atoms with van der Waals surface area (Å²) in [5.74, 6) is -0.882. The lowest BCUT2D eigenvalue weighted by atomic mass is 10.1. The fraction of sp³-hybridized carbons (Fsp3) is 0.471. The van der Waals surface area contributed by atoms with Gasteiger partial charge in [0.25, 0.3) is 5.91 Å². The zero-order chi connectivity index (χ0) is 18.7. The number of sulfone groups is 1. The van der Waals surface area contributed by atoms with Crippen LogP contribution in [0.4, 0.5) is 4.79 Å². The highest BCUT2D eigenvalue weighted by Gasteiger charge is 2.39. The van der Waals surface area contributed by atoms with Gasteiger partial charge in [-0.05, 0) is 18.4 Å². The minimum absolute atomic E-state index is 0.0598. The molecule has 26 heavy (non-hydrogen) atoms. The quantitative estimate of drug-likeness (QED) is 0.667. The molecule has 2 heterocycles. The number of nitrogens with zero attached hydrogens (tertiary/aromatic N) is 1. The van der Waals surface area contributed by atoms with Crippen LogP contribution in [0, 0.1) is 0 Å². The van der Waals surface area contributed by atoms with Crippen molar-refractivity contribution in [3.8, 4) is 0 Å². The van der Waals surface area contributed by atoms with E-state index in [-0.39, 0.29) is 24.5 Å². The highest BCUT2D eigenvalue weighted by Crippen LogP contribution is 2.14. The second-order valence-electron chi connectivity index (χ2n) is 6.60. The van der Waals surface area contributed by atoms with Crippen LogP contribution in [0.1, 0.15) is 18.4 Å². The molecule has 2 N–H and O–H groups in total. The fourth-order valence-electron chi connectivity index (χ4n) is 3.19. The molecule has 2 atom stereocenters. The van der Waals surface area contributed by atoms with Crippen molar-refractivity contribution < 1.29 is 22.8 Å². The van der Waals surface area contributed by atoms with Crippen LogP contribution >= 0.6 is 0 Å². The molecule has 0 radical (unpaired) electrons. The maximum atomic E-state index is 12.4. The standard InChI is InChI=1S/C17H21N3O5S/c21-15(18-13-7-9-26(24,25)11-13)10-14-16(22)20(17(23)19-14)8-6-12-4-2-1-3-5-12/h1-5,13-14H,6-11H2,(H,18,21)(H,19,23)/t13-,14+/m1/s1. The fourth-order valence-corrected chi connectivity index (χ4v) is 4.87. The first-order valence-corrected chi connectivity index (χ1v) is 10.3. The number of urea groups is 1. The Morgan fingerprint density at radius 3 is 2.62 bits per heavy atom. The number of rotatable bonds is 6. The van der Waals surface area contributed by atoms with Gasteiger partial charge in [-0.3, -0.25) is 14.5 Å². The summed E-state index contributed by atoms with van der Waals surface area (Å²) in [5.41, 5.74) is 1.01. The zero-order valence-electron chi connectivity index (χ0n) is 14.2. The number of hydrogen-bond acceptors (Lipinski definition) is 5. The molecule has 0 bridgehead atoms. The molecule has 2 aliphatic rings. The van der Waals surface area contributed by atoms with E-state index in [2.05, 4.69) is 10.6 Å². The Labute approximate surface area is 151 Å². The van der Waals surface area contributed by atoms with Gasteiger partial charge in [-0.2, -0.15) is 0 Å². The molecule has 2 aliphatic heterocycles. The summed E-state index contributed by atoms with van der Waals surface area (Å²) in [6.07, 6.45) is 0.726. The summed E-state index contributed by atoms with van der Waals surface area (Å²) in [4.78, 5) is 37.6. The number of carbonyl (C=O) groups is 3. The monoisotopic (exact) mass is 379 g/mol. The topological polar surface area (TPSA) is 113 Å². The molecule has 2 fully saturated rings. The van der Waals surface area contributed by atoms with Crippen LogP contribution in [-0.2, 0) is 25.8 Å². The third-order valence-corrected chi connectivity index (χ3v) is 6.33. The molecule has 2 saturated heterocycles. The molecule has 1 aromatic rings. The van der Waals surface area contributed by atoms with Gasteiger partial charge in [0.15, 0.2) is 9.84 Å². The number of carbonyl (C=O) groups excluding carboxylic acids is 3.